The molecule has 2 aromatic heterocycles. The number of benzene rings is 14. The van der Waals surface area contributed by atoms with Crippen molar-refractivity contribution in [2.45, 2.75) is 41.5 Å². The van der Waals surface area contributed by atoms with E-state index in [1.165, 1.54) is 88.3 Å². The summed E-state index contributed by atoms with van der Waals surface area (Å²) in [4.78, 5) is 4.94. The molecule has 0 unspecified atom stereocenters. The molecular formula is C86H62N2O2. The smallest absolute Gasteiger partial charge is 0.159 e. The number of rotatable bonds is 10. The van der Waals surface area contributed by atoms with E-state index in [2.05, 4.69) is 318 Å². The molecule has 2 heterocycles. The first-order valence-corrected chi connectivity index (χ1v) is 31.2. The van der Waals surface area contributed by atoms with E-state index in [1.54, 1.807) is 0 Å². The monoisotopic (exact) mass is 1150 g/mol. The number of para-hydroxylation sites is 2. The van der Waals surface area contributed by atoms with Crippen LogP contribution in [0.4, 0.5) is 34.1 Å². The molecule has 0 atom stereocenters. The molecule has 0 saturated heterocycles. The van der Waals surface area contributed by atoms with Crippen LogP contribution in [-0.2, 0) is 0 Å². The molecule has 0 amide bonds. The molecule has 1 aliphatic rings. The predicted octanol–water partition coefficient (Wildman–Crippen LogP) is 24.9. The van der Waals surface area contributed by atoms with Crippen molar-refractivity contribution in [2.75, 3.05) is 9.80 Å². The van der Waals surface area contributed by atoms with Gasteiger partial charge in [-0.2, -0.15) is 0 Å². The Hall–Kier alpha value is -11.2. The minimum atomic E-state index is 0.867. The van der Waals surface area contributed by atoms with Crippen LogP contribution < -0.4 is 9.80 Å². The number of fused-ring (bicyclic) bond motifs is 12. The number of hydrogen-bond acceptors (Lipinski definition) is 4. The molecule has 0 radical (unpaired) electrons. The zero-order chi connectivity index (χ0) is 60.5. The molecule has 4 nitrogen and oxygen atoms in total. The maximum Gasteiger partial charge on any atom is 0.159 e. The van der Waals surface area contributed by atoms with Crippen LogP contribution in [0, 0.1) is 41.5 Å². The van der Waals surface area contributed by atoms with Crippen molar-refractivity contribution in [3.63, 3.8) is 0 Å². The number of aryl methyl sites for hydroxylation is 6. The molecule has 1 aliphatic carbocycles. The van der Waals surface area contributed by atoms with Gasteiger partial charge in [-0.15, -0.1) is 0 Å². The van der Waals surface area contributed by atoms with E-state index in [-0.39, 0.29) is 0 Å². The summed E-state index contributed by atoms with van der Waals surface area (Å²) in [6.45, 7) is 13.3. The lowest BCUT2D eigenvalue weighted by Crippen LogP contribution is -2.14. The Morgan fingerprint density at radius 2 is 0.544 bits per heavy atom. The Morgan fingerprint density at radius 1 is 0.233 bits per heavy atom. The first kappa shape index (κ1) is 53.1. The third-order valence-electron chi connectivity index (χ3n) is 19.0. The van der Waals surface area contributed by atoms with E-state index >= 15 is 0 Å². The normalized spacial score (nSPS) is 11.9. The maximum absolute atomic E-state index is 7.00. The summed E-state index contributed by atoms with van der Waals surface area (Å²) in [6, 6.07) is 98.4. The van der Waals surface area contributed by atoms with E-state index in [9.17, 15) is 0 Å². The topological polar surface area (TPSA) is 32.8 Å². The average Bonchev–Trinajstić information content (AvgIpc) is 0.821. The molecule has 0 saturated carbocycles. The highest BCUT2D eigenvalue weighted by molar-refractivity contribution is 6.33. The maximum atomic E-state index is 7.00. The van der Waals surface area contributed by atoms with Gasteiger partial charge in [-0.25, -0.2) is 0 Å². The molecule has 16 aromatic rings. The summed E-state index contributed by atoms with van der Waals surface area (Å²) in [7, 11) is 0. The van der Waals surface area contributed by atoms with Gasteiger partial charge in [0.1, 0.15) is 11.2 Å². The molecule has 0 fully saturated rings. The molecule has 428 valence electrons. The van der Waals surface area contributed by atoms with Gasteiger partial charge in [-0.1, -0.05) is 218 Å². The molecule has 14 aromatic carbocycles. The van der Waals surface area contributed by atoms with Gasteiger partial charge in [-0.3, -0.25) is 0 Å². The highest BCUT2D eigenvalue weighted by atomic mass is 16.3. The Labute approximate surface area is 523 Å². The molecule has 0 aliphatic heterocycles. The minimum absolute atomic E-state index is 0.867. The van der Waals surface area contributed by atoms with Crippen LogP contribution in [0.15, 0.2) is 276 Å². The second-order valence-electron chi connectivity index (χ2n) is 24.6. The van der Waals surface area contributed by atoms with Crippen molar-refractivity contribution in [3.05, 3.63) is 300 Å². The SMILES string of the molecule is Cc1ccc(C)c(N(c2ccc3c(-c4ccccc4)c4c(c(-c5ccccc5)c3c2)-c2c-4c(-c3ccccc3)c3cc(N(c4cc(C)ccc4C)c4c(C)ccc5c4oc4ccccc45)ccc3c2-c2ccccc2)c2c(C)ccc3c2oc2ccccc23)c1. The van der Waals surface area contributed by atoms with E-state index in [4.69, 9.17) is 8.83 Å². The van der Waals surface area contributed by atoms with E-state index in [1.807, 2.05) is 0 Å². The van der Waals surface area contributed by atoms with Crippen molar-refractivity contribution in [3.8, 4) is 66.8 Å². The average molecular weight is 1160 g/mol. The quantitative estimate of drug-likeness (QED) is 0.137. The molecule has 0 bridgehead atoms. The molecule has 17 rings (SSSR count). The van der Waals surface area contributed by atoms with Gasteiger partial charge < -0.3 is 18.6 Å². The molecule has 0 N–H and O–H groups in total. The molecule has 90 heavy (non-hydrogen) atoms. The fraction of sp³-hybridized carbons (Fsp3) is 0.0698. The van der Waals surface area contributed by atoms with Gasteiger partial charge >= 0.3 is 0 Å². The van der Waals surface area contributed by atoms with Gasteiger partial charge in [-0.05, 0) is 212 Å². The summed E-state index contributed by atoms with van der Waals surface area (Å²) >= 11 is 0. The van der Waals surface area contributed by atoms with E-state index < -0.39 is 0 Å². The standard InChI is InChI=1S/C86H62N2O2/c1-51-35-37-53(3)71(47-51)87(83-55(5)39-43-67-63-31-19-21-33-73(63)89-85(67)83)61-41-45-65-69(49-61)77(59-27-15-9-16-28-59)81-79(75(65)57-23-11-7-12-24-57)82-78(60-29-17-10-18-30-60)70-50-62(42-46-66(70)76(80(81)82)58-25-13-8-14-26-58)88(72-48-52(2)36-38-54(72)4)84-56(6)40-44-68-64-32-20-22-34-74(64)90-86(68)84/h7-50H,1-6H3. The van der Waals surface area contributed by atoms with Crippen molar-refractivity contribution < 1.29 is 8.83 Å². The molecule has 4 heteroatoms. The summed E-state index contributed by atoms with van der Waals surface area (Å²) < 4.78 is 14.0. The summed E-state index contributed by atoms with van der Waals surface area (Å²) in [5, 5.41) is 9.09. The first-order valence-electron chi connectivity index (χ1n) is 31.2. The van der Waals surface area contributed by atoms with Gasteiger partial charge in [0.25, 0.3) is 0 Å². The first-order chi connectivity index (χ1) is 44.2. The van der Waals surface area contributed by atoms with E-state index in [0.29, 0.717) is 0 Å². The highest BCUT2D eigenvalue weighted by Crippen LogP contribution is 2.66. The summed E-state index contributed by atoms with van der Waals surface area (Å²) in [6.07, 6.45) is 0. The summed E-state index contributed by atoms with van der Waals surface area (Å²) in [5.74, 6) is 0. The Morgan fingerprint density at radius 3 is 0.911 bits per heavy atom. The van der Waals surface area contributed by atoms with Gasteiger partial charge in [0.05, 0.1) is 11.4 Å². The largest absolute Gasteiger partial charge is 0.454 e. The second-order valence-corrected chi connectivity index (χ2v) is 24.6. The number of nitrogens with zero attached hydrogens (tertiary/aromatic N) is 2. The van der Waals surface area contributed by atoms with Crippen molar-refractivity contribution in [2.24, 2.45) is 0 Å². The fourth-order valence-corrected chi connectivity index (χ4v) is 14.8. The van der Waals surface area contributed by atoms with Crippen LogP contribution in [0.3, 0.4) is 0 Å². The molecular weight excluding hydrogens is 1090 g/mol. The Bertz CT molecular complexity index is 5240. The lowest BCUT2D eigenvalue weighted by molar-refractivity contribution is 0.668. The number of hydrogen-bond donors (Lipinski definition) is 0. The lowest BCUT2D eigenvalue weighted by Gasteiger charge is -2.38. The van der Waals surface area contributed by atoms with Crippen LogP contribution in [0.1, 0.15) is 33.4 Å². The van der Waals surface area contributed by atoms with Gasteiger partial charge in [0.15, 0.2) is 11.2 Å². The molecule has 0 spiro atoms. The van der Waals surface area contributed by atoms with Crippen molar-refractivity contribution in [1.82, 2.24) is 0 Å². The zero-order valence-corrected chi connectivity index (χ0v) is 51.1. The van der Waals surface area contributed by atoms with Crippen LogP contribution >= 0.6 is 0 Å². The van der Waals surface area contributed by atoms with Crippen LogP contribution in [0.25, 0.3) is 132 Å². The lowest BCUT2D eigenvalue weighted by atomic mass is 9.65. The van der Waals surface area contributed by atoms with Crippen molar-refractivity contribution >= 4 is 99.5 Å². The third-order valence-corrected chi connectivity index (χ3v) is 19.0. The van der Waals surface area contributed by atoms with Crippen LogP contribution in [-0.4, -0.2) is 0 Å². The van der Waals surface area contributed by atoms with E-state index in [0.717, 1.165) is 111 Å². The van der Waals surface area contributed by atoms with Gasteiger partial charge in [0.2, 0.25) is 0 Å². The zero-order valence-electron chi connectivity index (χ0n) is 51.1. The predicted molar refractivity (Wildman–Crippen MR) is 380 cm³/mol. The highest BCUT2D eigenvalue weighted by Gasteiger charge is 2.39. The van der Waals surface area contributed by atoms with Crippen molar-refractivity contribution in [1.29, 1.82) is 0 Å². The van der Waals surface area contributed by atoms with Crippen LogP contribution in [0.2, 0.25) is 0 Å². The second kappa shape index (κ2) is 20.7. The number of anilines is 6. The Balaban J connectivity index is 1.01. The fourth-order valence-electron chi connectivity index (χ4n) is 14.8. The summed E-state index contributed by atoms with van der Waals surface area (Å²) in [5.41, 5.74) is 31.3. The Kier molecular flexibility index (Phi) is 12.2. The minimum Gasteiger partial charge on any atom is -0.454 e. The third kappa shape index (κ3) is 8.14. The van der Waals surface area contributed by atoms with Crippen LogP contribution in [0.5, 0.6) is 0 Å². The van der Waals surface area contributed by atoms with Gasteiger partial charge in [0, 0.05) is 44.3 Å². The number of furan rings is 2.